The molecule has 0 radical (unpaired) electrons. The molecule has 3 aliphatic rings. The van der Waals surface area contributed by atoms with Crippen molar-refractivity contribution in [1.29, 1.82) is 0 Å². The molecule has 7 heteroatoms. The van der Waals surface area contributed by atoms with Gasteiger partial charge in [0.05, 0.1) is 24.4 Å². The first-order valence-electron chi connectivity index (χ1n) is 10.7. The van der Waals surface area contributed by atoms with Gasteiger partial charge in [0, 0.05) is 18.9 Å². The van der Waals surface area contributed by atoms with Gasteiger partial charge in [-0.15, -0.1) is 0 Å². The predicted molar refractivity (Wildman–Crippen MR) is 103 cm³/mol. The van der Waals surface area contributed by atoms with Crippen LogP contribution in [0.3, 0.4) is 0 Å². The number of ether oxygens (including phenoxy) is 2. The van der Waals surface area contributed by atoms with E-state index in [4.69, 9.17) is 9.47 Å². The molecule has 0 bridgehead atoms. The normalized spacial score (nSPS) is 21.5. The third-order valence-corrected chi connectivity index (χ3v) is 6.37. The van der Waals surface area contributed by atoms with E-state index in [2.05, 4.69) is 10.4 Å². The number of aromatic nitrogens is 2. The van der Waals surface area contributed by atoms with Crippen molar-refractivity contribution < 1.29 is 19.1 Å². The molecule has 1 aromatic heterocycles. The number of nitrogens with one attached hydrogen (secondary N) is 1. The van der Waals surface area contributed by atoms with Gasteiger partial charge in [0.2, 0.25) is 0 Å². The fourth-order valence-electron chi connectivity index (χ4n) is 4.60. The maximum Gasteiger partial charge on any atom is 0.328 e. The standard InChI is InChI=1S/C21H31N3O4/c1-3-28-21(26)19(18(14-4-5-14)15-6-7-15)23-20(25)17-12-22-24(13(17)2)16-8-10-27-11-9-16/h12,14-16,18-19H,3-11H2,1-2H3,(H,23,25). The van der Waals surface area contributed by atoms with Crippen LogP contribution in [-0.4, -0.2) is 47.5 Å². The van der Waals surface area contributed by atoms with Gasteiger partial charge in [0.1, 0.15) is 6.04 Å². The van der Waals surface area contributed by atoms with E-state index in [1.807, 2.05) is 18.5 Å². The number of carbonyl (C=O) groups excluding carboxylic acids is 2. The smallest absolute Gasteiger partial charge is 0.328 e. The summed E-state index contributed by atoms with van der Waals surface area (Å²) in [5.74, 6) is 0.754. The lowest BCUT2D eigenvalue weighted by Crippen LogP contribution is -2.48. The van der Waals surface area contributed by atoms with Gasteiger partial charge in [-0.05, 0) is 70.1 Å². The molecule has 0 aromatic carbocycles. The third kappa shape index (κ3) is 4.09. The molecule has 1 aromatic rings. The van der Waals surface area contributed by atoms with Crippen molar-refractivity contribution in [2.45, 2.75) is 64.5 Å². The second kappa shape index (κ2) is 8.23. The van der Waals surface area contributed by atoms with Gasteiger partial charge in [-0.3, -0.25) is 9.48 Å². The van der Waals surface area contributed by atoms with E-state index in [1.165, 1.54) is 0 Å². The highest BCUT2D eigenvalue weighted by Crippen LogP contribution is 2.51. The average Bonchev–Trinajstić information content (AvgIpc) is 3.62. The second-order valence-electron chi connectivity index (χ2n) is 8.39. The Labute approximate surface area is 166 Å². The molecule has 1 atom stereocenters. The highest BCUT2D eigenvalue weighted by Gasteiger charge is 2.49. The van der Waals surface area contributed by atoms with Crippen LogP contribution < -0.4 is 5.32 Å². The molecule has 0 spiro atoms. The van der Waals surface area contributed by atoms with Gasteiger partial charge in [0.25, 0.3) is 5.91 Å². The summed E-state index contributed by atoms with van der Waals surface area (Å²) in [5.41, 5.74) is 1.40. The minimum absolute atomic E-state index is 0.203. The van der Waals surface area contributed by atoms with Gasteiger partial charge in [-0.25, -0.2) is 4.79 Å². The molecule has 2 saturated carbocycles. The van der Waals surface area contributed by atoms with Gasteiger partial charge in [0.15, 0.2) is 0 Å². The van der Waals surface area contributed by atoms with Crippen LogP contribution in [0.15, 0.2) is 6.20 Å². The van der Waals surface area contributed by atoms with Crippen LogP contribution >= 0.6 is 0 Å². The van der Waals surface area contributed by atoms with E-state index in [0.717, 1.165) is 57.4 Å². The van der Waals surface area contributed by atoms with Gasteiger partial charge >= 0.3 is 5.97 Å². The first-order chi connectivity index (χ1) is 13.6. The topological polar surface area (TPSA) is 82.5 Å². The number of hydrogen-bond acceptors (Lipinski definition) is 5. The van der Waals surface area contributed by atoms with E-state index in [-0.39, 0.29) is 23.8 Å². The largest absolute Gasteiger partial charge is 0.464 e. The Morgan fingerprint density at radius 3 is 2.43 bits per heavy atom. The lowest BCUT2D eigenvalue weighted by atomic mass is 9.89. The zero-order valence-electron chi connectivity index (χ0n) is 16.9. The van der Waals surface area contributed by atoms with E-state index in [1.54, 1.807) is 6.20 Å². The fraction of sp³-hybridized carbons (Fsp3) is 0.762. The molecule has 1 amide bonds. The first-order valence-corrected chi connectivity index (χ1v) is 10.7. The van der Waals surface area contributed by atoms with Crippen LogP contribution in [0.2, 0.25) is 0 Å². The Morgan fingerprint density at radius 1 is 1.21 bits per heavy atom. The highest BCUT2D eigenvalue weighted by molar-refractivity contribution is 5.97. The molecule has 1 saturated heterocycles. The van der Waals surface area contributed by atoms with E-state index < -0.39 is 6.04 Å². The Balaban J connectivity index is 1.51. The summed E-state index contributed by atoms with van der Waals surface area (Å²) in [6, 6.07) is -0.292. The molecule has 1 N–H and O–H groups in total. The SMILES string of the molecule is CCOC(=O)C(NC(=O)c1cnn(C2CCOCC2)c1C)C(C1CC1)C1CC1. The summed E-state index contributed by atoms with van der Waals surface area (Å²) in [7, 11) is 0. The summed E-state index contributed by atoms with van der Waals surface area (Å²) in [6.07, 6.45) is 8.02. The lowest BCUT2D eigenvalue weighted by Gasteiger charge is -2.26. The van der Waals surface area contributed by atoms with Crippen LogP contribution in [0.1, 0.15) is 67.5 Å². The van der Waals surface area contributed by atoms with Crippen molar-refractivity contribution in [2.75, 3.05) is 19.8 Å². The minimum atomic E-state index is -0.557. The number of amides is 1. The molecule has 2 aliphatic carbocycles. The fourth-order valence-corrected chi connectivity index (χ4v) is 4.60. The predicted octanol–water partition coefficient (Wildman–Crippen LogP) is 2.64. The summed E-state index contributed by atoms with van der Waals surface area (Å²) < 4.78 is 12.7. The highest BCUT2D eigenvalue weighted by atomic mass is 16.5. The number of esters is 1. The molecule has 1 aliphatic heterocycles. The van der Waals surface area contributed by atoms with E-state index in [0.29, 0.717) is 24.0 Å². The quantitative estimate of drug-likeness (QED) is 0.691. The maximum atomic E-state index is 13.1. The van der Waals surface area contributed by atoms with Crippen LogP contribution in [0.5, 0.6) is 0 Å². The molecule has 1 unspecified atom stereocenters. The maximum absolute atomic E-state index is 13.1. The molecule has 7 nitrogen and oxygen atoms in total. The molecular formula is C21H31N3O4. The van der Waals surface area contributed by atoms with E-state index >= 15 is 0 Å². The van der Waals surface area contributed by atoms with Gasteiger partial charge in [-0.2, -0.15) is 5.10 Å². The van der Waals surface area contributed by atoms with Crippen molar-refractivity contribution >= 4 is 11.9 Å². The Kier molecular flexibility index (Phi) is 5.71. The van der Waals surface area contributed by atoms with Crippen molar-refractivity contribution in [3.63, 3.8) is 0 Å². The number of rotatable bonds is 8. The molecule has 28 heavy (non-hydrogen) atoms. The summed E-state index contributed by atoms with van der Waals surface area (Å²) in [4.78, 5) is 25.8. The summed E-state index contributed by atoms with van der Waals surface area (Å²) >= 11 is 0. The summed E-state index contributed by atoms with van der Waals surface area (Å²) in [5, 5.41) is 7.50. The van der Waals surface area contributed by atoms with Crippen molar-refractivity contribution in [3.05, 3.63) is 17.5 Å². The van der Waals surface area contributed by atoms with Crippen molar-refractivity contribution in [1.82, 2.24) is 15.1 Å². The van der Waals surface area contributed by atoms with Gasteiger partial charge in [-0.1, -0.05) is 0 Å². The number of carbonyl (C=O) groups is 2. The molecule has 4 rings (SSSR count). The van der Waals surface area contributed by atoms with Gasteiger partial charge < -0.3 is 14.8 Å². The summed E-state index contributed by atoms with van der Waals surface area (Å²) in [6.45, 7) is 5.51. The molecule has 154 valence electrons. The Hall–Kier alpha value is -1.89. The third-order valence-electron chi connectivity index (χ3n) is 6.37. The van der Waals surface area contributed by atoms with Crippen molar-refractivity contribution in [2.24, 2.45) is 17.8 Å². The zero-order valence-corrected chi connectivity index (χ0v) is 16.9. The average molecular weight is 389 g/mol. The van der Waals surface area contributed by atoms with E-state index in [9.17, 15) is 9.59 Å². The van der Waals surface area contributed by atoms with Crippen molar-refractivity contribution in [3.8, 4) is 0 Å². The Morgan fingerprint density at radius 2 is 1.86 bits per heavy atom. The first kappa shape index (κ1) is 19.4. The minimum Gasteiger partial charge on any atom is -0.464 e. The van der Waals surface area contributed by atoms with Crippen LogP contribution in [0.4, 0.5) is 0 Å². The van der Waals surface area contributed by atoms with Crippen LogP contribution in [0.25, 0.3) is 0 Å². The van der Waals surface area contributed by atoms with Crippen LogP contribution in [0, 0.1) is 24.7 Å². The number of hydrogen-bond donors (Lipinski definition) is 1. The monoisotopic (exact) mass is 389 g/mol. The second-order valence-corrected chi connectivity index (χ2v) is 8.39. The van der Waals surface area contributed by atoms with Crippen LogP contribution in [-0.2, 0) is 14.3 Å². The molecular weight excluding hydrogens is 358 g/mol. The molecule has 3 fully saturated rings. The number of nitrogens with zero attached hydrogens (tertiary/aromatic N) is 2. The lowest BCUT2D eigenvalue weighted by molar-refractivity contribution is -0.147. The zero-order chi connectivity index (χ0) is 19.7. The molecule has 2 heterocycles. The Bertz CT molecular complexity index is 705.